The SMILES string of the molecule is COCCOc1cc2c(NC(C)c3cccc(C(F)(F)C(C)(C)O)c3F)nc(C)nc2cc1OC. The van der Waals surface area contributed by atoms with Gasteiger partial charge in [0, 0.05) is 24.1 Å². The van der Waals surface area contributed by atoms with Crippen molar-refractivity contribution in [3.63, 3.8) is 0 Å². The standard InChI is InChI=1S/C25H30F3N3O4/c1-14(16-8-7-9-18(22(16)26)25(27,28)24(3,4)32)29-23-17-12-21(35-11-10-33-5)20(34-6)13-19(17)30-15(2)31-23/h7-9,12-14,32H,10-11H2,1-6H3,(H,29,30,31). The van der Waals surface area contributed by atoms with Gasteiger partial charge >= 0.3 is 5.92 Å². The minimum Gasteiger partial charge on any atom is -0.493 e. The first kappa shape index (κ1) is 26.5. The lowest BCUT2D eigenvalue weighted by Crippen LogP contribution is -2.41. The molecule has 35 heavy (non-hydrogen) atoms. The summed E-state index contributed by atoms with van der Waals surface area (Å²) >= 11 is 0. The highest BCUT2D eigenvalue weighted by atomic mass is 19.3. The summed E-state index contributed by atoms with van der Waals surface area (Å²) in [5, 5.41) is 13.6. The Labute approximate surface area is 202 Å². The van der Waals surface area contributed by atoms with Crippen LogP contribution in [0.4, 0.5) is 19.0 Å². The number of hydrogen-bond donors (Lipinski definition) is 2. The maximum atomic E-state index is 15.3. The molecule has 1 aromatic heterocycles. The Hall–Kier alpha value is -3.11. The molecule has 7 nitrogen and oxygen atoms in total. The van der Waals surface area contributed by atoms with E-state index in [0.717, 1.165) is 19.9 Å². The van der Waals surface area contributed by atoms with Crippen LogP contribution in [0.3, 0.4) is 0 Å². The van der Waals surface area contributed by atoms with E-state index in [2.05, 4.69) is 15.3 Å². The highest BCUT2D eigenvalue weighted by Crippen LogP contribution is 2.41. The van der Waals surface area contributed by atoms with Crippen molar-refractivity contribution < 1.29 is 32.5 Å². The highest BCUT2D eigenvalue weighted by Gasteiger charge is 2.49. The van der Waals surface area contributed by atoms with Crippen molar-refractivity contribution in [1.82, 2.24) is 9.97 Å². The van der Waals surface area contributed by atoms with Gasteiger partial charge in [0.1, 0.15) is 29.7 Å². The van der Waals surface area contributed by atoms with Crippen LogP contribution in [-0.4, -0.2) is 48.1 Å². The predicted octanol–water partition coefficient (Wildman–Crippen LogP) is 5.15. The zero-order valence-electron chi connectivity index (χ0n) is 20.6. The van der Waals surface area contributed by atoms with Crippen molar-refractivity contribution in [2.45, 2.75) is 45.3 Å². The number of ether oxygens (including phenoxy) is 3. The van der Waals surface area contributed by atoms with Gasteiger partial charge in [0.2, 0.25) is 0 Å². The number of anilines is 1. The number of methoxy groups -OCH3 is 2. The Balaban J connectivity index is 2.03. The van der Waals surface area contributed by atoms with Crippen LogP contribution in [0.25, 0.3) is 10.9 Å². The number of aliphatic hydroxyl groups is 1. The summed E-state index contributed by atoms with van der Waals surface area (Å²) in [4.78, 5) is 8.89. The molecule has 0 saturated heterocycles. The van der Waals surface area contributed by atoms with Crippen LogP contribution >= 0.6 is 0 Å². The van der Waals surface area contributed by atoms with Gasteiger partial charge in [0.25, 0.3) is 0 Å². The van der Waals surface area contributed by atoms with Crippen molar-refractivity contribution in [3.8, 4) is 11.5 Å². The van der Waals surface area contributed by atoms with Crippen molar-refractivity contribution in [1.29, 1.82) is 0 Å². The molecule has 0 aliphatic carbocycles. The van der Waals surface area contributed by atoms with Gasteiger partial charge in [-0.25, -0.2) is 14.4 Å². The number of rotatable bonds is 10. The van der Waals surface area contributed by atoms with E-state index in [0.29, 0.717) is 40.7 Å². The van der Waals surface area contributed by atoms with Crippen LogP contribution in [0.2, 0.25) is 0 Å². The van der Waals surface area contributed by atoms with Gasteiger partial charge in [0.05, 0.1) is 30.8 Å². The fraction of sp³-hybridized carbons (Fsp3) is 0.440. The van der Waals surface area contributed by atoms with Gasteiger partial charge in [-0.2, -0.15) is 8.78 Å². The molecule has 0 saturated carbocycles. The molecule has 1 atom stereocenters. The molecule has 0 fully saturated rings. The average molecular weight is 494 g/mol. The van der Waals surface area contributed by atoms with E-state index < -0.39 is 28.9 Å². The summed E-state index contributed by atoms with van der Waals surface area (Å²) in [5.74, 6) is -3.16. The zero-order valence-corrected chi connectivity index (χ0v) is 20.6. The van der Waals surface area contributed by atoms with Crippen molar-refractivity contribution in [3.05, 3.63) is 53.1 Å². The van der Waals surface area contributed by atoms with Crippen molar-refractivity contribution in [2.75, 3.05) is 32.8 Å². The summed E-state index contributed by atoms with van der Waals surface area (Å²) in [6.45, 7) is 5.88. The molecule has 3 aromatic rings. The second-order valence-electron chi connectivity index (χ2n) is 8.69. The Morgan fingerprint density at radius 2 is 1.80 bits per heavy atom. The van der Waals surface area contributed by atoms with E-state index in [9.17, 15) is 13.9 Å². The third-order valence-corrected chi connectivity index (χ3v) is 5.59. The van der Waals surface area contributed by atoms with Crippen LogP contribution in [0.15, 0.2) is 30.3 Å². The van der Waals surface area contributed by atoms with Crippen LogP contribution in [0.5, 0.6) is 11.5 Å². The van der Waals surface area contributed by atoms with Crippen LogP contribution in [0.1, 0.15) is 43.8 Å². The molecule has 2 N–H and O–H groups in total. The molecule has 0 spiro atoms. The zero-order chi connectivity index (χ0) is 26.0. The third kappa shape index (κ3) is 5.43. The first-order valence-electron chi connectivity index (χ1n) is 11.0. The molecule has 0 bridgehead atoms. The number of fused-ring (bicyclic) bond motifs is 1. The van der Waals surface area contributed by atoms with Gasteiger partial charge in [-0.3, -0.25) is 0 Å². The number of alkyl halides is 2. The van der Waals surface area contributed by atoms with Gasteiger partial charge in [-0.05, 0) is 39.8 Å². The first-order chi connectivity index (χ1) is 16.4. The smallest absolute Gasteiger partial charge is 0.303 e. The molecule has 0 aliphatic rings. The van der Waals surface area contributed by atoms with E-state index in [1.807, 2.05) is 0 Å². The number of hydrogen-bond acceptors (Lipinski definition) is 7. The van der Waals surface area contributed by atoms with E-state index >= 15 is 4.39 Å². The van der Waals surface area contributed by atoms with E-state index in [1.54, 1.807) is 33.1 Å². The summed E-state index contributed by atoms with van der Waals surface area (Å²) < 4.78 is 60.9. The topological polar surface area (TPSA) is 85.7 Å². The lowest BCUT2D eigenvalue weighted by molar-refractivity contribution is -0.170. The monoisotopic (exact) mass is 493 g/mol. The number of benzene rings is 2. The third-order valence-electron chi connectivity index (χ3n) is 5.59. The summed E-state index contributed by atoms with van der Waals surface area (Å²) in [6, 6.07) is 6.38. The molecule has 1 unspecified atom stereocenters. The number of nitrogens with zero attached hydrogens (tertiary/aromatic N) is 2. The quantitative estimate of drug-likeness (QED) is 0.378. The minimum absolute atomic E-state index is 0.000852. The Kier molecular flexibility index (Phi) is 7.76. The van der Waals surface area contributed by atoms with Crippen molar-refractivity contribution in [2.24, 2.45) is 0 Å². The summed E-state index contributed by atoms with van der Waals surface area (Å²) in [5.41, 5.74) is -2.76. The molecule has 190 valence electrons. The molecule has 2 aromatic carbocycles. The largest absolute Gasteiger partial charge is 0.493 e. The molecule has 0 aliphatic heterocycles. The average Bonchev–Trinajstić information content (AvgIpc) is 2.78. The number of aromatic nitrogens is 2. The Bertz CT molecular complexity index is 1200. The van der Waals surface area contributed by atoms with E-state index in [-0.39, 0.29) is 12.2 Å². The molecular formula is C25H30F3N3O4. The lowest BCUT2D eigenvalue weighted by atomic mass is 9.91. The van der Waals surface area contributed by atoms with Gasteiger partial charge < -0.3 is 24.6 Å². The molecule has 3 rings (SSSR count). The fourth-order valence-corrected chi connectivity index (χ4v) is 3.61. The molecule has 0 radical (unpaired) electrons. The number of aryl methyl sites for hydroxylation is 1. The predicted molar refractivity (Wildman–Crippen MR) is 127 cm³/mol. The van der Waals surface area contributed by atoms with Crippen LogP contribution < -0.4 is 14.8 Å². The summed E-state index contributed by atoms with van der Waals surface area (Å²) in [6.07, 6.45) is 0. The Morgan fingerprint density at radius 3 is 2.43 bits per heavy atom. The second-order valence-corrected chi connectivity index (χ2v) is 8.69. The highest BCUT2D eigenvalue weighted by molar-refractivity contribution is 5.92. The minimum atomic E-state index is -3.80. The first-order valence-corrected chi connectivity index (χ1v) is 11.0. The number of nitrogens with one attached hydrogen (secondary N) is 1. The van der Waals surface area contributed by atoms with Gasteiger partial charge in [-0.1, -0.05) is 12.1 Å². The van der Waals surface area contributed by atoms with Gasteiger partial charge in [-0.15, -0.1) is 0 Å². The molecular weight excluding hydrogens is 463 g/mol. The van der Waals surface area contributed by atoms with Crippen LogP contribution in [0, 0.1) is 12.7 Å². The molecule has 10 heteroatoms. The fourth-order valence-electron chi connectivity index (χ4n) is 3.61. The lowest BCUT2D eigenvalue weighted by Gasteiger charge is -2.30. The maximum absolute atomic E-state index is 15.3. The normalized spacial score (nSPS) is 13.1. The van der Waals surface area contributed by atoms with Crippen molar-refractivity contribution >= 4 is 16.7 Å². The Morgan fingerprint density at radius 1 is 1.09 bits per heavy atom. The van der Waals surface area contributed by atoms with Crippen LogP contribution in [-0.2, 0) is 10.7 Å². The molecule has 1 heterocycles. The number of halogens is 3. The van der Waals surface area contributed by atoms with E-state index in [4.69, 9.17) is 14.2 Å². The van der Waals surface area contributed by atoms with E-state index in [1.165, 1.54) is 19.2 Å². The summed E-state index contributed by atoms with van der Waals surface area (Å²) in [7, 11) is 3.07. The maximum Gasteiger partial charge on any atom is 0.303 e. The second kappa shape index (κ2) is 10.2. The van der Waals surface area contributed by atoms with Gasteiger partial charge in [0.15, 0.2) is 11.5 Å². The molecule has 0 amide bonds.